The van der Waals surface area contributed by atoms with E-state index in [-0.39, 0.29) is 77.7 Å². The van der Waals surface area contributed by atoms with Crippen LogP contribution in [0.2, 0.25) is 0 Å². The number of methoxy groups -OCH3 is 1. The zero-order valence-electron chi connectivity index (χ0n) is 41.2. The largest absolute Gasteiger partial charge is 0.507 e. The number of carbonyl (C=O) groups is 4. The van der Waals surface area contributed by atoms with Crippen LogP contribution in [0.5, 0.6) is 17.2 Å². The minimum atomic E-state index is -2.49. The Hall–Kier alpha value is -6.89. The van der Waals surface area contributed by atoms with Crippen LogP contribution in [-0.4, -0.2) is 147 Å². The van der Waals surface area contributed by atoms with E-state index < -0.39 is 120 Å². The highest BCUT2D eigenvalue weighted by atomic mass is 16.7. The van der Waals surface area contributed by atoms with Crippen LogP contribution in [0, 0.1) is 23.2 Å². The Morgan fingerprint density at radius 1 is 1.03 bits per heavy atom. The fraction of sp³-hybridized carbons (Fsp3) is 0.453. The van der Waals surface area contributed by atoms with Crippen molar-refractivity contribution in [3.8, 4) is 17.2 Å². The highest BCUT2D eigenvalue weighted by Crippen LogP contribution is 2.67. The standard InChI is InChI=1S/C53H62N8O14/c1-57-51(56)60-30-15-24-9-12-52(27-4-6-34(54)59-19-27)26(11-14-62)3-5-28-38(44(24)52)41(30)46(68)43-39(28)45(67)40-29(21-63)31(73-2)17-32(42(40)47(43)69)74-50-48(70)49(71)53(72,33(22-64)75-50)18-25(23-10-13-58-35(55)16-23)20-61-36(65)7-8-37(61)66/h4,6-10,12,16-17,19,24-26,30,33-34,44,48-50,58-59,62-64,68,70-72H,3,5,11,13-15,18,20-22,54-55H2,1-2H3,(H3,56,57,60)/t24-,25+,26+,30+,33+,34?,44-,48+,49+,50+,52-,53+/m0/s1. The average Bonchev–Trinajstić information content (AvgIpc) is 4.07. The molecule has 1 unspecified atom stereocenters. The smallest absolute Gasteiger partial charge is 0.253 e. The number of aliphatic imine (C=N–C) groups is 1. The van der Waals surface area contributed by atoms with Gasteiger partial charge in [0.05, 0.1) is 49.5 Å². The number of guanidine groups is 1. The minimum Gasteiger partial charge on any atom is -0.507 e. The number of aromatic hydroxyl groups is 1. The second-order valence-electron chi connectivity index (χ2n) is 20.3. The number of hydrogen-bond acceptors (Lipinski definition) is 19. The SMILES string of the molecule is CN=C(N)N[C@@H]1C[C@@H]2C=C[C@@]3(C4=CNC(N)C=C4)[C@@H](CCO)CCc4c5c(c(O)c1c4[C@H]23)C(=O)c1c(O[C@@H]2O[C@H](CO)[C@](O)(C[C@H](CN3C(=O)C=CC3=O)C3=CCNC(N)=C3)[C@H](O)[C@H]2O)cc(OC)c(CO)c1C5=O. The summed E-state index contributed by atoms with van der Waals surface area (Å²) >= 11 is 0. The summed E-state index contributed by atoms with van der Waals surface area (Å²) in [5.41, 5.74) is 16.9. The van der Waals surface area contributed by atoms with E-state index >= 15 is 9.59 Å². The molecule has 2 amide bonds. The Kier molecular flexibility index (Phi) is 13.5. The summed E-state index contributed by atoms with van der Waals surface area (Å²) in [5, 5.41) is 90.9. The van der Waals surface area contributed by atoms with Gasteiger partial charge >= 0.3 is 0 Å². The molecule has 4 heterocycles. The predicted octanol–water partition coefficient (Wildman–Crippen LogP) is -1.01. The number of allylic oxidation sites excluding steroid dienone is 5. The third-order valence-corrected chi connectivity index (χ3v) is 16.6. The van der Waals surface area contributed by atoms with Crippen molar-refractivity contribution >= 4 is 29.3 Å². The molecule has 398 valence electrons. The van der Waals surface area contributed by atoms with E-state index in [2.05, 4.69) is 33.1 Å². The van der Waals surface area contributed by atoms with E-state index in [0.717, 1.165) is 22.6 Å². The number of amides is 2. The Morgan fingerprint density at radius 3 is 2.43 bits per heavy atom. The van der Waals surface area contributed by atoms with Gasteiger partial charge in [0.2, 0.25) is 12.1 Å². The number of phenols is 1. The zero-order chi connectivity index (χ0) is 53.4. The summed E-state index contributed by atoms with van der Waals surface area (Å²) in [7, 11) is 2.77. The molecule has 8 aliphatic rings. The molecule has 2 aromatic rings. The van der Waals surface area contributed by atoms with Crippen molar-refractivity contribution in [2.75, 3.05) is 40.5 Å². The lowest BCUT2D eigenvalue weighted by molar-refractivity contribution is -0.316. The molecular weight excluding hydrogens is 973 g/mol. The number of nitrogens with two attached hydrogens (primary N) is 3. The molecule has 16 N–H and O–H groups in total. The molecule has 22 heteroatoms. The van der Waals surface area contributed by atoms with Gasteiger partial charge in [-0.3, -0.25) is 29.1 Å². The van der Waals surface area contributed by atoms with Crippen LogP contribution >= 0.6 is 0 Å². The number of nitrogens with one attached hydrogen (secondary N) is 3. The first-order valence-corrected chi connectivity index (χ1v) is 25.0. The normalized spacial score (nSPS) is 31.9. The molecule has 2 aromatic carbocycles. The van der Waals surface area contributed by atoms with Gasteiger partial charge in [-0.05, 0) is 78.4 Å². The van der Waals surface area contributed by atoms with Gasteiger partial charge in [0, 0.05) is 90.7 Å². The number of rotatable bonds is 14. The molecular formula is C53H62N8O14. The maximum Gasteiger partial charge on any atom is 0.253 e. The highest BCUT2D eigenvalue weighted by molar-refractivity contribution is 6.31. The molecule has 75 heavy (non-hydrogen) atoms. The molecule has 0 spiro atoms. The van der Waals surface area contributed by atoms with Crippen LogP contribution in [0.15, 0.2) is 82.8 Å². The number of carbonyl (C=O) groups excluding carboxylic acids is 4. The zero-order valence-corrected chi connectivity index (χ0v) is 41.2. The molecule has 10 rings (SSSR count). The molecule has 1 fully saturated rings. The van der Waals surface area contributed by atoms with E-state index in [1.54, 1.807) is 6.08 Å². The topological polar surface area (TPSA) is 367 Å². The number of imide groups is 1. The monoisotopic (exact) mass is 1030 g/mol. The number of aliphatic hydroxyl groups is 6. The number of fused-ring (bicyclic) bond motifs is 3. The predicted molar refractivity (Wildman–Crippen MR) is 267 cm³/mol. The summed E-state index contributed by atoms with van der Waals surface area (Å²) in [6, 6.07) is 0.455. The number of aliphatic hydroxyl groups excluding tert-OH is 5. The summed E-state index contributed by atoms with van der Waals surface area (Å²) in [5.74, 6) is -5.42. The fourth-order valence-electron chi connectivity index (χ4n) is 13.2. The van der Waals surface area contributed by atoms with E-state index in [1.807, 2.05) is 18.4 Å². The lowest BCUT2D eigenvalue weighted by atomic mass is 9.56. The first kappa shape index (κ1) is 51.6. The van der Waals surface area contributed by atoms with Crippen LogP contribution in [0.25, 0.3) is 0 Å². The molecule has 0 aromatic heterocycles. The van der Waals surface area contributed by atoms with Gasteiger partial charge in [-0.1, -0.05) is 24.3 Å². The van der Waals surface area contributed by atoms with Crippen LogP contribution in [0.3, 0.4) is 0 Å². The Balaban J connectivity index is 1.08. The Morgan fingerprint density at radius 2 is 1.77 bits per heavy atom. The lowest BCUT2D eigenvalue weighted by Crippen LogP contribution is -2.68. The van der Waals surface area contributed by atoms with E-state index in [9.17, 15) is 45.3 Å². The first-order valence-electron chi connectivity index (χ1n) is 25.0. The van der Waals surface area contributed by atoms with Gasteiger partial charge in [-0.2, -0.15) is 0 Å². The summed E-state index contributed by atoms with van der Waals surface area (Å²) < 4.78 is 18.1. The van der Waals surface area contributed by atoms with Crippen molar-refractivity contribution in [3.05, 3.63) is 122 Å². The second-order valence-corrected chi connectivity index (χ2v) is 20.3. The van der Waals surface area contributed by atoms with E-state index in [0.29, 0.717) is 41.5 Å². The van der Waals surface area contributed by atoms with Crippen LogP contribution in [-0.2, 0) is 27.4 Å². The first-order chi connectivity index (χ1) is 35.9. The summed E-state index contributed by atoms with van der Waals surface area (Å²) in [6.45, 7) is -1.96. The van der Waals surface area contributed by atoms with Gasteiger partial charge in [0.15, 0.2) is 11.7 Å². The van der Waals surface area contributed by atoms with Gasteiger partial charge in [-0.25, -0.2) is 0 Å². The minimum absolute atomic E-state index is 0.0550. The maximum atomic E-state index is 15.7. The van der Waals surface area contributed by atoms with E-state index in [4.69, 9.17) is 31.4 Å². The van der Waals surface area contributed by atoms with Crippen LogP contribution in [0.4, 0.5) is 0 Å². The van der Waals surface area contributed by atoms with Crippen LogP contribution in [0.1, 0.15) is 91.7 Å². The third kappa shape index (κ3) is 8.13. The van der Waals surface area contributed by atoms with E-state index in [1.165, 1.54) is 26.3 Å². The Bertz CT molecular complexity index is 2960. The summed E-state index contributed by atoms with van der Waals surface area (Å²) in [4.78, 5) is 61.9. The van der Waals surface area contributed by atoms with Crippen molar-refractivity contribution < 1.29 is 69.1 Å². The average molecular weight is 1040 g/mol. The highest BCUT2D eigenvalue weighted by Gasteiger charge is 2.60. The molecule has 4 aliphatic heterocycles. The molecule has 0 radical (unpaired) electrons. The molecule has 1 saturated heterocycles. The quantitative estimate of drug-likeness (QED) is 0.0398. The third-order valence-electron chi connectivity index (χ3n) is 16.6. The molecule has 4 aliphatic carbocycles. The number of hydrogen-bond donors (Lipinski definition) is 13. The van der Waals surface area contributed by atoms with Gasteiger partial charge in [0.1, 0.15) is 41.2 Å². The summed E-state index contributed by atoms with van der Waals surface area (Å²) in [6.07, 6.45) is 7.82. The second kappa shape index (κ2) is 19.7. The molecule has 0 saturated carbocycles. The number of phenolic OH excluding ortho intramolecular Hbond substituents is 1. The number of dihydropyridines is 2. The number of ketones is 2. The van der Waals surface area contributed by atoms with Gasteiger partial charge in [-0.15, -0.1) is 0 Å². The lowest BCUT2D eigenvalue weighted by Gasteiger charge is -2.49. The number of ether oxygens (including phenoxy) is 3. The molecule has 22 nitrogen and oxygen atoms in total. The number of nitrogens with zero attached hydrogens (tertiary/aromatic N) is 2. The Labute approximate surface area is 430 Å². The molecule has 12 atom stereocenters. The van der Waals surface area contributed by atoms with Crippen molar-refractivity contribution in [2.24, 2.45) is 45.4 Å². The van der Waals surface area contributed by atoms with Crippen molar-refractivity contribution in [1.82, 2.24) is 20.9 Å². The van der Waals surface area contributed by atoms with Crippen molar-refractivity contribution in [2.45, 2.75) is 87.0 Å². The fourth-order valence-corrected chi connectivity index (χ4v) is 13.2. The van der Waals surface area contributed by atoms with Crippen LogP contribution < -0.4 is 42.6 Å². The van der Waals surface area contributed by atoms with Crippen molar-refractivity contribution in [1.29, 1.82) is 0 Å². The molecule has 0 bridgehead atoms. The number of benzene rings is 2. The maximum absolute atomic E-state index is 15.7. The van der Waals surface area contributed by atoms with Gasteiger partial charge in [0.25, 0.3) is 11.8 Å². The van der Waals surface area contributed by atoms with Crippen molar-refractivity contribution in [3.63, 3.8) is 0 Å². The van der Waals surface area contributed by atoms with Gasteiger partial charge < -0.3 is 83.1 Å².